The van der Waals surface area contributed by atoms with Crippen molar-refractivity contribution >= 4 is 0 Å². The molecule has 27 unspecified atom stereocenters. The molecule has 8 aliphatic rings. The summed E-state index contributed by atoms with van der Waals surface area (Å²) in [5, 5.41) is 125. The maximum absolute atomic E-state index is 11.8. The lowest BCUT2D eigenvalue weighted by molar-refractivity contribution is -0.365. The minimum Gasteiger partial charge on any atom is -0.394 e. The lowest BCUT2D eigenvalue weighted by atomic mass is 9.46. The van der Waals surface area contributed by atoms with Crippen molar-refractivity contribution in [1.82, 2.24) is 0 Å². The summed E-state index contributed by atoms with van der Waals surface area (Å²) in [5.74, 6) is 0.610. The number of ether oxygens (including phenoxy) is 8. The molecule has 0 aromatic rings. The van der Waals surface area contributed by atoms with Gasteiger partial charge in [-0.05, 0) is 85.4 Å². The van der Waals surface area contributed by atoms with Crippen molar-refractivity contribution in [2.75, 3.05) is 33.5 Å². The van der Waals surface area contributed by atoms with E-state index in [0.29, 0.717) is 43.4 Å². The highest BCUT2D eigenvalue weighted by Gasteiger charge is 2.68. The van der Waals surface area contributed by atoms with Crippen LogP contribution in [0, 0.1) is 46.3 Å². The van der Waals surface area contributed by atoms with Crippen molar-refractivity contribution in [1.29, 1.82) is 0 Å². The van der Waals surface area contributed by atoms with Gasteiger partial charge >= 0.3 is 0 Å². The number of allylic oxidation sites excluding steroid dienone is 1. The van der Waals surface area contributed by atoms with E-state index in [1.807, 2.05) is 6.92 Å². The van der Waals surface area contributed by atoms with Crippen LogP contribution in [0.5, 0.6) is 0 Å². The first-order valence-corrected chi connectivity index (χ1v) is 24.0. The van der Waals surface area contributed by atoms with E-state index in [9.17, 15) is 61.3 Å². The van der Waals surface area contributed by atoms with E-state index < -0.39 is 130 Å². The van der Waals surface area contributed by atoms with Crippen molar-refractivity contribution in [3.8, 4) is 0 Å². The second-order valence-corrected chi connectivity index (χ2v) is 21.4. The predicted octanol–water partition coefficient (Wildman–Crippen LogP) is -2.23. The van der Waals surface area contributed by atoms with E-state index in [1.165, 1.54) is 5.57 Å². The van der Waals surface area contributed by atoms with Gasteiger partial charge in [0.2, 0.25) is 0 Å². The first kappa shape index (κ1) is 51.3. The summed E-state index contributed by atoms with van der Waals surface area (Å²) in [5.41, 5.74) is 0.843. The number of rotatable bonds is 14. The quantitative estimate of drug-likeness (QED) is 0.0820. The summed E-state index contributed by atoms with van der Waals surface area (Å²) >= 11 is 0. The number of aliphatic hydroxyl groups excluding tert-OH is 12. The van der Waals surface area contributed by atoms with Gasteiger partial charge < -0.3 is 99.2 Å². The molecule has 4 heterocycles. The number of fused-ring (bicyclic) bond motifs is 7. The second kappa shape index (κ2) is 19.9. The fourth-order valence-corrected chi connectivity index (χ4v) is 14.0. The zero-order valence-corrected chi connectivity index (χ0v) is 38.6. The standard InChI is InChI=1S/C46H76O20/c1-19(18-60-41-37(56)34(53)32(51)28(15-47)62-41)8-11-46(59-5)20(2)31-27(66-46)13-24-22-7-6-21-12-26(25(50)14-45(21,4)23(22)9-10-44(24,31)3)61-42-39(58)36(55)40(30(17-49)64-42)65-43-38(57)35(54)33(52)29(16-48)63-43/h6,19-20,22-43,47-58H,7-18H2,1-5H3. The molecule has 380 valence electrons. The molecule has 66 heavy (non-hydrogen) atoms. The van der Waals surface area contributed by atoms with Gasteiger partial charge in [0.1, 0.15) is 73.2 Å². The molecule has 0 amide bonds. The fraction of sp³-hybridized carbons (Fsp3) is 0.957. The number of aliphatic hydroxyl groups is 12. The Morgan fingerprint density at radius 3 is 1.97 bits per heavy atom. The molecule has 0 radical (unpaired) electrons. The van der Waals surface area contributed by atoms with Crippen LogP contribution in [0.1, 0.15) is 79.1 Å². The Hall–Kier alpha value is -1.06. The van der Waals surface area contributed by atoms with Gasteiger partial charge in [0.05, 0.1) is 44.7 Å². The molecule has 4 aliphatic carbocycles. The molecule has 0 aromatic carbocycles. The molecular weight excluding hydrogens is 872 g/mol. The van der Waals surface area contributed by atoms with Crippen LogP contribution in [0.4, 0.5) is 0 Å². The van der Waals surface area contributed by atoms with Crippen LogP contribution in [-0.4, -0.2) is 211 Å². The molecule has 0 spiro atoms. The molecular formula is C46H76O20. The van der Waals surface area contributed by atoms with Gasteiger partial charge in [-0.25, -0.2) is 0 Å². The summed E-state index contributed by atoms with van der Waals surface area (Å²) in [7, 11) is 1.70. The molecule has 12 N–H and O–H groups in total. The summed E-state index contributed by atoms with van der Waals surface area (Å²) in [6.45, 7) is 7.19. The molecule has 4 aliphatic heterocycles. The van der Waals surface area contributed by atoms with Crippen LogP contribution < -0.4 is 0 Å². The largest absolute Gasteiger partial charge is 0.394 e. The van der Waals surface area contributed by atoms with Crippen molar-refractivity contribution in [3.05, 3.63) is 11.6 Å². The van der Waals surface area contributed by atoms with Gasteiger partial charge in [0.25, 0.3) is 0 Å². The molecule has 3 saturated carbocycles. The van der Waals surface area contributed by atoms with E-state index in [0.717, 1.165) is 25.7 Å². The number of methoxy groups -OCH3 is 1. The van der Waals surface area contributed by atoms with Crippen molar-refractivity contribution in [2.45, 2.75) is 195 Å². The summed E-state index contributed by atoms with van der Waals surface area (Å²) in [6, 6.07) is 0. The minimum atomic E-state index is -1.79. The van der Waals surface area contributed by atoms with Gasteiger partial charge in [-0.1, -0.05) is 39.3 Å². The SMILES string of the molecule is COC1(CCC(C)COC2OC(CO)C(O)C(O)C2O)OC2CC3C4CC=C5CC(OC6OC(CO)C(OC7OC(CO)C(O)C(O)C7O)C(O)C6O)C(O)CC5(C)C4CCC3(C)C2C1C. The zero-order valence-electron chi connectivity index (χ0n) is 38.6. The third-order valence-electron chi connectivity index (χ3n) is 17.8. The highest BCUT2D eigenvalue weighted by atomic mass is 16.7. The van der Waals surface area contributed by atoms with E-state index in [1.54, 1.807) is 7.11 Å². The monoisotopic (exact) mass is 948 g/mol. The van der Waals surface area contributed by atoms with Crippen LogP contribution in [0.3, 0.4) is 0 Å². The van der Waals surface area contributed by atoms with Gasteiger partial charge in [-0.15, -0.1) is 0 Å². The van der Waals surface area contributed by atoms with Crippen molar-refractivity contribution in [3.63, 3.8) is 0 Å². The summed E-state index contributed by atoms with van der Waals surface area (Å²) < 4.78 is 47.9. The fourth-order valence-electron chi connectivity index (χ4n) is 14.0. The van der Waals surface area contributed by atoms with Gasteiger partial charge in [0, 0.05) is 19.4 Å². The Labute approximate surface area is 385 Å². The van der Waals surface area contributed by atoms with Gasteiger partial charge in [-0.2, -0.15) is 0 Å². The van der Waals surface area contributed by atoms with Crippen molar-refractivity contribution < 1.29 is 99.2 Å². The van der Waals surface area contributed by atoms with E-state index in [4.69, 9.17) is 37.9 Å². The molecule has 27 atom stereocenters. The number of hydrogen-bond donors (Lipinski definition) is 12. The average Bonchev–Trinajstić information content (AvgIpc) is 3.76. The highest BCUT2D eigenvalue weighted by Crippen LogP contribution is 2.70. The Morgan fingerprint density at radius 2 is 1.33 bits per heavy atom. The topological polar surface area (TPSA) is 317 Å². The average molecular weight is 949 g/mol. The van der Waals surface area contributed by atoms with Gasteiger partial charge in [-0.3, -0.25) is 0 Å². The summed E-state index contributed by atoms with van der Waals surface area (Å²) in [4.78, 5) is 0. The Bertz CT molecular complexity index is 1670. The number of hydrogen-bond acceptors (Lipinski definition) is 20. The maximum atomic E-state index is 11.8. The maximum Gasteiger partial charge on any atom is 0.187 e. The normalized spacial score (nSPS) is 54.2. The second-order valence-electron chi connectivity index (χ2n) is 21.4. The van der Waals surface area contributed by atoms with Crippen LogP contribution in [0.15, 0.2) is 11.6 Å². The lowest BCUT2D eigenvalue weighted by Gasteiger charge is -2.59. The van der Waals surface area contributed by atoms with E-state index in [2.05, 4.69) is 26.8 Å². The Balaban J connectivity index is 0.878. The Kier molecular flexibility index (Phi) is 15.4. The first-order valence-electron chi connectivity index (χ1n) is 24.0. The van der Waals surface area contributed by atoms with E-state index >= 15 is 0 Å². The molecule has 4 saturated heterocycles. The molecule has 8 rings (SSSR count). The third-order valence-corrected chi connectivity index (χ3v) is 17.8. The minimum absolute atomic E-state index is 0.00335. The van der Waals surface area contributed by atoms with Crippen LogP contribution >= 0.6 is 0 Å². The lowest BCUT2D eigenvalue weighted by Crippen LogP contribution is -2.65. The third kappa shape index (κ3) is 8.77. The molecule has 0 bridgehead atoms. The first-order chi connectivity index (χ1) is 31.3. The Morgan fingerprint density at radius 1 is 0.742 bits per heavy atom. The van der Waals surface area contributed by atoms with Crippen molar-refractivity contribution in [2.24, 2.45) is 46.3 Å². The molecule has 7 fully saturated rings. The van der Waals surface area contributed by atoms with Crippen LogP contribution in [0.2, 0.25) is 0 Å². The molecule has 0 aromatic heterocycles. The summed E-state index contributed by atoms with van der Waals surface area (Å²) in [6.07, 6.45) is -16.1. The smallest absolute Gasteiger partial charge is 0.187 e. The van der Waals surface area contributed by atoms with Gasteiger partial charge in [0.15, 0.2) is 24.7 Å². The van der Waals surface area contributed by atoms with Crippen LogP contribution in [0.25, 0.3) is 0 Å². The van der Waals surface area contributed by atoms with E-state index in [-0.39, 0.29) is 41.3 Å². The molecule has 20 heteroatoms. The predicted molar refractivity (Wildman–Crippen MR) is 225 cm³/mol. The molecule has 20 nitrogen and oxygen atoms in total. The highest BCUT2D eigenvalue weighted by molar-refractivity contribution is 5.27. The van der Waals surface area contributed by atoms with Crippen LogP contribution in [-0.2, 0) is 37.9 Å². The zero-order chi connectivity index (χ0) is 47.8.